The van der Waals surface area contributed by atoms with Gasteiger partial charge >= 0.3 is 0 Å². The number of hydrogen-bond donors (Lipinski definition) is 1. The largest absolute Gasteiger partial charge is 0.308 e. The fraction of sp³-hybridized carbons (Fsp3) is 1.00. The van der Waals surface area contributed by atoms with Crippen LogP contribution in [0.3, 0.4) is 0 Å². The van der Waals surface area contributed by atoms with Crippen molar-refractivity contribution in [3.8, 4) is 0 Å². The molecule has 0 amide bonds. The molecule has 0 radical (unpaired) electrons. The van der Waals surface area contributed by atoms with Crippen LogP contribution in [0.5, 0.6) is 0 Å². The summed E-state index contributed by atoms with van der Waals surface area (Å²) in [7, 11) is 0. The highest BCUT2D eigenvalue weighted by Gasteiger charge is 2.39. The van der Waals surface area contributed by atoms with E-state index < -0.39 is 0 Å². The topological polar surface area (TPSA) is 15.3 Å². The second-order valence-electron chi connectivity index (χ2n) is 5.18. The zero-order chi connectivity index (χ0) is 10.7. The number of rotatable bonds is 3. The van der Waals surface area contributed by atoms with Gasteiger partial charge in [-0.3, -0.25) is 4.90 Å². The molecule has 0 aromatic rings. The third-order valence-corrected chi connectivity index (χ3v) is 4.64. The van der Waals surface area contributed by atoms with E-state index in [0.29, 0.717) is 5.54 Å². The Hall–Kier alpha value is 0.270. The molecular weight excluding hydrogens is 204 g/mol. The van der Waals surface area contributed by atoms with Gasteiger partial charge in [0.15, 0.2) is 0 Å². The molecule has 2 fully saturated rings. The first kappa shape index (κ1) is 11.7. The summed E-state index contributed by atoms with van der Waals surface area (Å²) >= 11 is 1.97. The molecule has 1 aliphatic heterocycles. The lowest BCUT2D eigenvalue weighted by Crippen LogP contribution is -2.62. The molecule has 1 heterocycles. The van der Waals surface area contributed by atoms with Gasteiger partial charge < -0.3 is 5.32 Å². The first-order valence-corrected chi connectivity index (χ1v) is 7.63. The van der Waals surface area contributed by atoms with Crippen molar-refractivity contribution in [3.63, 3.8) is 0 Å². The van der Waals surface area contributed by atoms with Crippen molar-refractivity contribution >= 4 is 11.8 Å². The van der Waals surface area contributed by atoms with E-state index in [1.165, 1.54) is 51.1 Å². The summed E-state index contributed by atoms with van der Waals surface area (Å²) in [6.45, 7) is 6.10. The lowest BCUT2D eigenvalue weighted by molar-refractivity contribution is 0.0955. The highest BCUT2D eigenvalue weighted by atomic mass is 32.2. The van der Waals surface area contributed by atoms with Crippen molar-refractivity contribution < 1.29 is 0 Å². The van der Waals surface area contributed by atoms with Crippen molar-refractivity contribution in [2.24, 2.45) is 0 Å². The van der Waals surface area contributed by atoms with Gasteiger partial charge in [-0.15, -0.1) is 0 Å². The number of piperazine rings is 1. The van der Waals surface area contributed by atoms with Crippen LogP contribution < -0.4 is 5.32 Å². The third-order valence-electron chi connectivity index (χ3n) is 4.04. The maximum Gasteiger partial charge on any atom is 0.0309 e. The maximum absolute atomic E-state index is 3.80. The van der Waals surface area contributed by atoms with E-state index in [1.807, 2.05) is 11.8 Å². The zero-order valence-electron chi connectivity index (χ0n) is 10.1. The summed E-state index contributed by atoms with van der Waals surface area (Å²) in [5.41, 5.74) is 0.491. The molecule has 1 aliphatic carbocycles. The van der Waals surface area contributed by atoms with Gasteiger partial charge in [0.25, 0.3) is 0 Å². The van der Waals surface area contributed by atoms with E-state index in [9.17, 15) is 0 Å². The molecule has 2 nitrogen and oxygen atoms in total. The normalized spacial score (nSPS) is 31.2. The van der Waals surface area contributed by atoms with Crippen LogP contribution in [0.4, 0.5) is 0 Å². The third kappa shape index (κ3) is 2.69. The zero-order valence-corrected chi connectivity index (χ0v) is 10.9. The molecule has 88 valence electrons. The van der Waals surface area contributed by atoms with E-state index in [0.717, 1.165) is 6.04 Å². The van der Waals surface area contributed by atoms with Crippen LogP contribution >= 0.6 is 11.8 Å². The average Bonchev–Trinajstić information content (AvgIpc) is 2.69. The Morgan fingerprint density at radius 3 is 2.80 bits per heavy atom. The van der Waals surface area contributed by atoms with Gasteiger partial charge in [-0.2, -0.15) is 11.8 Å². The fourth-order valence-electron chi connectivity index (χ4n) is 2.99. The van der Waals surface area contributed by atoms with Crippen LogP contribution in [0.15, 0.2) is 0 Å². The van der Waals surface area contributed by atoms with Gasteiger partial charge in [0, 0.05) is 37.0 Å². The minimum Gasteiger partial charge on any atom is -0.308 e. The second-order valence-corrected chi connectivity index (χ2v) is 6.17. The lowest BCUT2D eigenvalue weighted by Gasteiger charge is -2.45. The monoisotopic (exact) mass is 228 g/mol. The molecule has 2 rings (SSSR count). The first-order chi connectivity index (χ1) is 7.26. The molecule has 1 spiro atoms. The fourth-order valence-corrected chi connectivity index (χ4v) is 3.41. The molecule has 1 N–H and O–H groups in total. The molecule has 1 unspecified atom stereocenters. The van der Waals surface area contributed by atoms with E-state index in [2.05, 4.69) is 23.4 Å². The van der Waals surface area contributed by atoms with Crippen LogP contribution in [-0.2, 0) is 0 Å². The van der Waals surface area contributed by atoms with Crippen molar-refractivity contribution in [2.75, 3.05) is 31.6 Å². The Kier molecular flexibility index (Phi) is 3.97. The minimum absolute atomic E-state index is 0.491. The minimum atomic E-state index is 0.491. The Bertz CT molecular complexity index is 202. The van der Waals surface area contributed by atoms with Gasteiger partial charge in [-0.05, 0) is 26.0 Å². The van der Waals surface area contributed by atoms with Crippen LogP contribution in [0.2, 0.25) is 0 Å². The SMILES string of the molecule is CSCCN1CC2(CCCC2)NCC1C. The molecule has 0 bridgehead atoms. The van der Waals surface area contributed by atoms with E-state index in [4.69, 9.17) is 0 Å². The molecule has 1 saturated heterocycles. The number of hydrogen-bond acceptors (Lipinski definition) is 3. The van der Waals surface area contributed by atoms with Gasteiger partial charge in [-0.1, -0.05) is 12.8 Å². The summed E-state index contributed by atoms with van der Waals surface area (Å²) in [6.07, 6.45) is 7.86. The maximum atomic E-state index is 3.80. The Balaban J connectivity index is 1.91. The number of nitrogens with zero attached hydrogens (tertiary/aromatic N) is 1. The van der Waals surface area contributed by atoms with Crippen LogP contribution in [-0.4, -0.2) is 48.1 Å². The van der Waals surface area contributed by atoms with Crippen LogP contribution in [0.1, 0.15) is 32.6 Å². The van der Waals surface area contributed by atoms with Gasteiger partial charge in [0.2, 0.25) is 0 Å². The van der Waals surface area contributed by atoms with E-state index in [-0.39, 0.29) is 0 Å². The van der Waals surface area contributed by atoms with Crippen molar-refractivity contribution in [2.45, 2.75) is 44.2 Å². The molecular formula is C12H24N2S. The Labute approximate surface area is 98.2 Å². The van der Waals surface area contributed by atoms with E-state index >= 15 is 0 Å². The highest BCUT2D eigenvalue weighted by Crippen LogP contribution is 2.33. The lowest BCUT2D eigenvalue weighted by atomic mass is 9.93. The van der Waals surface area contributed by atoms with Gasteiger partial charge in [0.05, 0.1) is 0 Å². The van der Waals surface area contributed by atoms with Crippen LogP contribution in [0.25, 0.3) is 0 Å². The summed E-state index contributed by atoms with van der Waals surface area (Å²) in [5, 5.41) is 3.80. The van der Waals surface area contributed by atoms with Gasteiger partial charge in [0.1, 0.15) is 0 Å². The number of thioether (sulfide) groups is 1. The Morgan fingerprint density at radius 1 is 1.40 bits per heavy atom. The highest BCUT2D eigenvalue weighted by molar-refractivity contribution is 7.98. The van der Waals surface area contributed by atoms with Crippen molar-refractivity contribution in [1.29, 1.82) is 0 Å². The summed E-state index contributed by atoms with van der Waals surface area (Å²) < 4.78 is 0. The standard InChI is InChI=1S/C12H24N2S/c1-11-9-13-12(5-3-4-6-12)10-14(11)7-8-15-2/h11,13H,3-10H2,1-2H3. The summed E-state index contributed by atoms with van der Waals surface area (Å²) in [6, 6.07) is 0.725. The van der Waals surface area contributed by atoms with Crippen LogP contribution in [0, 0.1) is 0 Å². The summed E-state index contributed by atoms with van der Waals surface area (Å²) in [4.78, 5) is 2.69. The predicted octanol–water partition coefficient (Wildman–Crippen LogP) is 1.96. The molecule has 1 atom stereocenters. The van der Waals surface area contributed by atoms with Crippen molar-refractivity contribution in [3.05, 3.63) is 0 Å². The smallest absolute Gasteiger partial charge is 0.0309 e. The first-order valence-electron chi connectivity index (χ1n) is 6.24. The van der Waals surface area contributed by atoms with Gasteiger partial charge in [-0.25, -0.2) is 0 Å². The van der Waals surface area contributed by atoms with E-state index in [1.54, 1.807) is 0 Å². The quantitative estimate of drug-likeness (QED) is 0.795. The molecule has 0 aromatic heterocycles. The van der Waals surface area contributed by atoms with Crippen molar-refractivity contribution in [1.82, 2.24) is 10.2 Å². The molecule has 2 aliphatic rings. The summed E-state index contributed by atoms with van der Waals surface area (Å²) in [5.74, 6) is 1.28. The molecule has 3 heteroatoms. The molecule has 0 aromatic carbocycles. The molecule has 15 heavy (non-hydrogen) atoms. The number of nitrogens with one attached hydrogen (secondary N) is 1. The Morgan fingerprint density at radius 2 is 2.13 bits per heavy atom. The average molecular weight is 228 g/mol. The predicted molar refractivity (Wildman–Crippen MR) is 68.6 cm³/mol. The molecule has 1 saturated carbocycles. The second kappa shape index (κ2) is 5.07.